The van der Waals surface area contributed by atoms with Crippen LogP contribution in [-0.4, -0.2) is 7.05 Å². The fourth-order valence-electron chi connectivity index (χ4n) is 2.04. The number of rotatable bonds is 4. The second-order valence-corrected chi connectivity index (χ2v) is 5.71. The lowest BCUT2D eigenvalue weighted by molar-refractivity contribution is 0.529. The molecule has 0 saturated heterocycles. The van der Waals surface area contributed by atoms with E-state index < -0.39 is 0 Å². The molecule has 102 valence electrons. The number of furan rings is 1. The molecule has 0 aliphatic rings. The highest BCUT2D eigenvalue weighted by Gasteiger charge is 2.10. The first kappa shape index (κ1) is 14.2. The van der Waals surface area contributed by atoms with Gasteiger partial charge >= 0.3 is 0 Å². The fraction of sp³-hybridized carbons (Fsp3) is 0.333. The predicted octanol–water partition coefficient (Wildman–Crippen LogP) is 4.01. The van der Waals surface area contributed by atoms with Crippen molar-refractivity contribution in [2.45, 2.75) is 26.4 Å². The molecular weight excluding hydrogens is 304 g/mol. The van der Waals surface area contributed by atoms with Gasteiger partial charge in [0, 0.05) is 35.4 Å². The molecule has 0 amide bonds. The van der Waals surface area contributed by atoms with Crippen LogP contribution in [0, 0.1) is 6.92 Å². The van der Waals surface area contributed by atoms with Gasteiger partial charge < -0.3 is 15.1 Å². The second-order valence-electron chi connectivity index (χ2n) is 4.85. The number of hydrogen-bond donors (Lipinski definition) is 1. The summed E-state index contributed by atoms with van der Waals surface area (Å²) in [7, 11) is 2.07. The van der Waals surface area contributed by atoms with Crippen molar-refractivity contribution in [1.82, 2.24) is 0 Å². The molecule has 1 atom stereocenters. The van der Waals surface area contributed by atoms with Gasteiger partial charge in [0.05, 0.1) is 6.26 Å². The molecule has 0 bridgehead atoms. The Bertz CT molecular complexity index is 563. The van der Waals surface area contributed by atoms with Gasteiger partial charge in [0.1, 0.15) is 5.76 Å². The van der Waals surface area contributed by atoms with E-state index >= 15 is 0 Å². The van der Waals surface area contributed by atoms with Gasteiger partial charge in [0.25, 0.3) is 0 Å². The summed E-state index contributed by atoms with van der Waals surface area (Å²) in [6.45, 7) is 4.79. The monoisotopic (exact) mass is 322 g/mol. The van der Waals surface area contributed by atoms with Crippen LogP contribution in [0.4, 0.5) is 5.69 Å². The molecule has 2 N–H and O–H groups in total. The minimum atomic E-state index is 0.0323. The Balaban J connectivity index is 2.18. The molecule has 3 nitrogen and oxygen atoms in total. The van der Waals surface area contributed by atoms with E-state index in [2.05, 4.69) is 46.1 Å². The Labute approximate surface area is 122 Å². The lowest BCUT2D eigenvalue weighted by Gasteiger charge is -2.20. The van der Waals surface area contributed by atoms with Gasteiger partial charge in [-0.3, -0.25) is 0 Å². The maximum absolute atomic E-state index is 5.91. The van der Waals surface area contributed by atoms with Gasteiger partial charge in [-0.2, -0.15) is 0 Å². The van der Waals surface area contributed by atoms with Crippen molar-refractivity contribution in [2.24, 2.45) is 5.73 Å². The maximum atomic E-state index is 5.91. The third-order valence-electron chi connectivity index (χ3n) is 3.29. The van der Waals surface area contributed by atoms with E-state index in [1.54, 1.807) is 6.26 Å². The summed E-state index contributed by atoms with van der Waals surface area (Å²) in [6.07, 6.45) is 1.73. The number of hydrogen-bond acceptors (Lipinski definition) is 3. The molecule has 0 aliphatic carbocycles. The van der Waals surface area contributed by atoms with Crippen molar-refractivity contribution in [3.05, 3.63) is 51.9 Å². The fourth-order valence-corrected chi connectivity index (χ4v) is 2.77. The number of halogens is 1. The molecule has 0 fully saturated rings. The summed E-state index contributed by atoms with van der Waals surface area (Å²) in [5.74, 6) is 0.970. The van der Waals surface area contributed by atoms with Crippen LogP contribution >= 0.6 is 15.9 Å². The van der Waals surface area contributed by atoms with Gasteiger partial charge in [0.2, 0.25) is 0 Å². The third-order valence-corrected chi connectivity index (χ3v) is 3.98. The predicted molar refractivity (Wildman–Crippen MR) is 82.3 cm³/mol. The van der Waals surface area contributed by atoms with Crippen LogP contribution < -0.4 is 10.6 Å². The highest BCUT2D eigenvalue weighted by Crippen LogP contribution is 2.28. The molecule has 2 rings (SSSR count). The zero-order valence-corrected chi connectivity index (χ0v) is 13.1. The van der Waals surface area contributed by atoms with Crippen LogP contribution in [0.5, 0.6) is 0 Å². The Hall–Kier alpha value is -1.26. The van der Waals surface area contributed by atoms with Crippen molar-refractivity contribution < 1.29 is 4.42 Å². The van der Waals surface area contributed by atoms with Gasteiger partial charge in [-0.05, 0) is 37.6 Å². The third kappa shape index (κ3) is 3.19. The Morgan fingerprint density at radius 1 is 1.37 bits per heavy atom. The number of nitrogens with zero attached hydrogens (tertiary/aromatic N) is 1. The first-order valence-electron chi connectivity index (χ1n) is 6.28. The zero-order chi connectivity index (χ0) is 14.0. The van der Waals surface area contributed by atoms with Crippen molar-refractivity contribution in [2.75, 3.05) is 11.9 Å². The lowest BCUT2D eigenvalue weighted by Crippen LogP contribution is -2.17. The minimum absolute atomic E-state index is 0.0323. The smallest absolute Gasteiger partial charge is 0.105 e. The summed E-state index contributed by atoms with van der Waals surface area (Å²) in [5.41, 5.74) is 9.39. The van der Waals surface area contributed by atoms with Crippen LogP contribution in [0.1, 0.15) is 29.9 Å². The van der Waals surface area contributed by atoms with Crippen LogP contribution in [0.25, 0.3) is 0 Å². The highest BCUT2D eigenvalue weighted by molar-refractivity contribution is 9.10. The van der Waals surface area contributed by atoms with Gasteiger partial charge in [-0.1, -0.05) is 22.0 Å². The highest BCUT2D eigenvalue weighted by atomic mass is 79.9. The Morgan fingerprint density at radius 2 is 2.11 bits per heavy atom. The Morgan fingerprint density at radius 3 is 2.63 bits per heavy atom. The van der Waals surface area contributed by atoms with E-state index in [4.69, 9.17) is 10.2 Å². The number of nitrogens with two attached hydrogens (primary N) is 1. The number of anilines is 1. The van der Waals surface area contributed by atoms with Crippen molar-refractivity contribution in [3.8, 4) is 0 Å². The summed E-state index contributed by atoms with van der Waals surface area (Å²) in [4.78, 5) is 2.19. The van der Waals surface area contributed by atoms with E-state index in [9.17, 15) is 0 Å². The second kappa shape index (κ2) is 5.80. The quantitative estimate of drug-likeness (QED) is 0.924. The lowest BCUT2D eigenvalue weighted by atomic mass is 10.1. The molecule has 2 aromatic rings. The Kier molecular flexibility index (Phi) is 4.32. The molecule has 1 heterocycles. The van der Waals surface area contributed by atoms with Crippen molar-refractivity contribution in [3.63, 3.8) is 0 Å². The average molecular weight is 323 g/mol. The minimum Gasteiger partial charge on any atom is -0.469 e. The van der Waals surface area contributed by atoms with Crippen LogP contribution in [0.3, 0.4) is 0 Å². The van der Waals surface area contributed by atoms with Crippen LogP contribution in [0.2, 0.25) is 0 Å². The summed E-state index contributed by atoms with van der Waals surface area (Å²) < 4.78 is 6.37. The van der Waals surface area contributed by atoms with Crippen LogP contribution in [-0.2, 0) is 6.54 Å². The molecule has 0 saturated carbocycles. The maximum Gasteiger partial charge on any atom is 0.105 e. The number of aryl methyl sites for hydroxylation is 1. The topological polar surface area (TPSA) is 42.4 Å². The normalized spacial score (nSPS) is 12.5. The van der Waals surface area contributed by atoms with Gasteiger partial charge in [-0.15, -0.1) is 0 Å². The molecular formula is C15H19BrN2O. The SMILES string of the molecule is Cc1occc1CN(C)c1ccc([C@H](C)N)c(Br)c1. The first-order chi connectivity index (χ1) is 8.99. The summed E-state index contributed by atoms with van der Waals surface area (Å²) in [5, 5.41) is 0. The van der Waals surface area contributed by atoms with Gasteiger partial charge in [0.15, 0.2) is 0 Å². The molecule has 4 heteroatoms. The summed E-state index contributed by atoms with van der Waals surface area (Å²) >= 11 is 3.58. The van der Waals surface area contributed by atoms with Gasteiger partial charge in [-0.25, -0.2) is 0 Å². The van der Waals surface area contributed by atoms with E-state index in [1.807, 2.05) is 19.9 Å². The van der Waals surface area contributed by atoms with E-state index in [-0.39, 0.29) is 6.04 Å². The largest absolute Gasteiger partial charge is 0.469 e. The zero-order valence-electron chi connectivity index (χ0n) is 11.5. The standard InChI is InChI=1S/C15H19BrN2O/c1-10(17)14-5-4-13(8-15(14)16)18(3)9-12-6-7-19-11(12)2/h4-8,10H,9,17H2,1-3H3/t10-/m0/s1. The van der Waals surface area contributed by atoms with E-state index in [1.165, 1.54) is 5.56 Å². The van der Waals surface area contributed by atoms with Crippen LogP contribution in [0.15, 0.2) is 39.4 Å². The van der Waals surface area contributed by atoms with Crippen molar-refractivity contribution in [1.29, 1.82) is 0 Å². The molecule has 0 radical (unpaired) electrons. The van der Waals surface area contributed by atoms with E-state index in [0.717, 1.165) is 28.0 Å². The average Bonchev–Trinajstić information content (AvgIpc) is 2.74. The molecule has 1 aromatic heterocycles. The molecule has 0 aliphatic heterocycles. The van der Waals surface area contributed by atoms with Crippen molar-refractivity contribution >= 4 is 21.6 Å². The van der Waals surface area contributed by atoms with E-state index in [0.29, 0.717) is 0 Å². The molecule has 0 spiro atoms. The molecule has 19 heavy (non-hydrogen) atoms. The summed E-state index contributed by atoms with van der Waals surface area (Å²) in [6, 6.07) is 8.32. The first-order valence-corrected chi connectivity index (χ1v) is 7.07. The molecule has 1 aromatic carbocycles. The molecule has 0 unspecified atom stereocenters. The number of benzene rings is 1.